The smallest absolute Gasteiger partial charge is 0.455 e. The van der Waals surface area contributed by atoms with Crippen molar-refractivity contribution in [2.24, 2.45) is 0 Å². The van der Waals surface area contributed by atoms with Gasteiger partial charge in [-0.25, -0.2) is 4.98 Å². The Morgan fingerprint density at radius 2 is 1.28 bits per heavy atom. The van der Waals surface area contributed by atoms with Crippen LogP contribution in [-0.2, 0) is 16.2 Å². The summed E-state index contributed by atoms with van der Waals surface area (Å²) in [7, 11) is 0. The first-order valence-electron chi connectivity index (χ1n) is 22.2. The zero-order valence-corrected chi connectivity index (χ0v) is 30.7. The quantitative estimate of drug-likeness (QED) is 0.167. The van der Waals surface area contributed by atoms with Gasteiger partial charge in [-0.2, -0.15) is 0 Å². The Morgan fingerprint density at radius 1 is 0.604 bits per heavy atom. The normalized spacial score (nSPS) is 16.5. The fourth-order valence-electron chi connectivity index (χ4n) is 6.77. The van der Waals surface area contributed by atoms with Crippen molar-refractivity contribution in [1.29, 1.82) is 0 Å². The number of hydrogen-bond acceptors (Lipinski definition) is 3. The number of fused-ring (bicyclic) bond motifs is 4. The van der Waals surface area contributed by atoms with Crippen molar-refractivity contribution in [1.82, 2.24) is 23.7 Å². The summed E-state index contributed by atoms with van der Waals surface area (Å²) in [5.41, 5.74) is 3.78. The molecule has 1 aliphatic rings. The van der Waals surface area contributed by atoms with Crippen molar-refractivity contribution in [3.05, 3.63) is 138 Å². The molecule has 0 aliphatic carbocycles. The average Bonchev–Trinajstić information content (AvgIpc) is 3.72. The minimum Gasteiger partial charge on any atom is -0.455 e. The summed E-state index contributed by atoms with van der Waals surface area (Å²) < 4.78 is 86.0. The van der Waals surface area contributed by atoms with Crippen LogP contribution in [0.3, 0.4) is 0 Å². The van der Waals surface area contributed by atoms with Crippen LogP contribution in [0.25, 0.3) is 27.8 Å². The van der Waals surface area contributed by atoms with E-state index >= 15 is 0 Å². The van der Waals surface area contributed by atoms with Gasteiger partial charge in [0.2, 0.25) is 11.4 Å². The molecule has 8 rings (SSSR count). The van der Waals surface area contributed by atoms with Crippen LogP contribution in [0.4, 0.5) is 22.7 Å². The lowest BCUT2D eigenvalue weighted by molar-refractivity contribution is 0.477. The van der Waals surface area contributed by atoms with Gasteiger partial charge in [0, 0.05) is 60.3 Å². The molecule has 0 N–H and O–H groups in total. The second-order valence-electron chi connectivity index (χ2n) is 15.7. The first-order valence-corrected chi connectivity index (χ1v) is 17.7. The Bertz CT molecular complexity index is 2920. The van der Waals surface area contributed by atoms with Gasteiger partial charge in [-0.3, -0.25) is 9.55 Å². The predicted molar refractivity (Wildman–Crippen MR) is 220 cm³/mol. The van der Waals surface area contributed by atoms with Crippen LogP contribution in [0.1, 0.15) is 91.1 Å². The van der Waals surface area contributed by atoms with Crippen molar-refractivity contribution in [2.45, 2.75) is 78.3 Å². The van der Waals surface area contributed by atoms with Gasteiger partial charge in [-0.05, 0) is 66.4 Å². The van der Waals surface area contributed by atoms with E-state index in [4.69, 9.17) is 27.0 Å². The first kappa shape index (κ1) is 25.2. The maximum Gasteiger partial charge on any atom is 0.503 e. The molecule has 53 heavy (non-hydrogen) atoms. The van der Waals surface area contributed by atoms with Gasteiger partial charge in [-0.1, -0.05) is 105 Å². The van der Waals surface area contributed by atoms with Gasteiger partial charge < -0.3 is 4.74 Å². The van der Waals surface area contributed by atoms with E-state index in [1.807, 2.05) is 71.4 Å². The Hall–Kier alpha value is -5.84. The summed E-state index contributed by atoms with van der Waals surface area (Å²) in [6.07, 6.45) is 3.58. The van der Waals surface area contributed by atoms with Crippen LogP contribution < -0.4 is 13.9 Å². The lowest BCUT2D eigenvalue weighted by Gasteiger charge is -2.20. The maximum absolute atomic E-state index is 8.17. The number of ether oxygens (including phenoxy) is 1. The number of aromatic nitrogens is 3. The Labute approximate surface area is 325 Å². The van der Waals surface area contributed by atoms with Gasteiger partial charge >= 0.3 is 6.01 Å². The van der Waals surface area contributed by atoms with E-state index in [1.165, 1.54) is 24.3 Å². The minimum atomic E-state index is -3.37. The number of benzene rings is 4. The molecule has 7 aromatic rings. The summed E-state index contributed by atoms with van der Waals surface area (Å²) in [5, 5.41) is 0.998. The van der Waals surface area contributed by atoms with Crippen molar-refractivity contribution >= 4 is 50.7 Å². The molecule has 6 heteroatoms. The van der Waals surface area contributed by atoms with E-state index in [2.05, 4.69) is 76.4 Å². The average molecular weight is 707 g/mol. The lowest BCUT2D eigenvalue weighted by atomic mass is 9.86. The van der Waals surface area contributed by atoms with E-state index in [-0.39, 0.29) is 16.4 Å². The molecule has 4 aromatic carbocycles. The van der Waals surface area contributed by atoms with Crippen LogP contribution >= 0.6 is 0 Å². The molecule has 1 aliphatic heterocycles. The van der Waals surface area contributed by atoms with Crippen molar-refractivity contribution < 1.29 is 17.1 Å². The molecule has 6 nitrogen and oxygen atoms in total. The highest BCUT2D eigenvalue weighted by atomic mass is 16.5. The molecule has 0 spiro atoms. The highest BCUT2D eigenvalue weighted by Crippen LogP contribution is 2.40. The third-order valence-electron chi connectivity index (χ3n) is 9.70. The maximum atomic E-state index is 8.17. The Morgan fingerprint density at radius 3 is 1.98 bits per heavy atom. The van der Waals surface area contributed by atoms with E-state index in [0.29, 0.717) is 17.2 Å². The van der Waals surface area contributed by atoms with Crippen LogP contribution in [-0.4, -0.2) is 20.5 Å². The molecular formula is C47H47N5O+2. The van der Waals surface area contributed by atoms with E-state index < -0.39 is 26.0 Å². The van der Waals surface area contributed by atoms with Gasteiger partial charge in [0.15, 0.2) is 0 Å². The topological polar surface area (TPSA) is 46.0 Å². The van der Waals surface area contributed by atoms with Gasteiger partial charge in [-0.15, -0.1) is 0 Å². The fourth-order valence-corrected chi connectivity index (χ4v) is 6.77. The van der Waals surface area contributed by atoms with Gasteiger partial charge in [0.25, 0.3) is 11.4 Å². The third kappa shape index (κ3) is 6.34. The second kappa shape index (κ2) is 12.4. The number of pyridine rings is 2. The lowest BCUT2D eigenvalue weighted by Crippen LogP contribution is -2.12. The Kier molecular flexibility index (Phi) is 5.89. The van der Waals surface area contributed by atoms with Crippen LogP contribution in [0, 0.1) is 0 Å². The van der Waals surface area contributed by atoms with E-state index in [1.54, 1.807) is 10.8 Å². The molecule has 0 saturated heterocycles. The number of nitrogens with zero attached hydrogens (tertiary/aromatic N) is 5. The zero-order chi connectivity index (χ0) is 44.8. The molecule has 0 radical (unpaired) electrons. The molecule has 0 atom stereocenters. The van der Waals surface area contributed by atoms with Crippen molar-refractivity contribution in [3.8, 4) is 17.3 Å². The standard InChI is InChI=1S/C47H47N5O/c1-45(2,3)31-18-20-34(21-19-31)50-30-51(41-17-13-12-16-40(41)50)35-24-33(47(7,8)9)25-36(27-35)53-37-28-42-44(49-29-37)38-14-10-11-15-39(38)52(42)43-26-32(22-23-48-43)46(4,5)6/h10-29H,1-9H3/q+2/i1D3,2D3,3D3. The molecule has 0 fully saturated rings. The fraction of sp³-hybridized carbons (Fsp3) is 0.255. The van der Waals surface area contributed by atoms with Gasteiger partial charge in [0.1, 0.15) is 17.3 Å². The molecule has 0 amide bonds. The summed E-state index contributed by atoms with van der Waals surface area (Å²) >= 11 is 0. The highest BCUT2D eigenvalue weighted by molar-refractivity contribution is 6.07. The first-order chi connectivity index (χ1) is 28.9. The molecule has 0 unspecified atom stereocenters. The van der Waals surface area contributed by atoms with E-state index in [9.17, 15) is 0 Å². The summed E-state index contributed by atoms with van der Waals surface area (Å²) in [6, 6.07) is 37.0. The molecule has 4 heterocycles. The van der Waals surface area contributed by atoms with Crippen LogP contribution in [0.15, 0.2) is 122 Å². The Balaban J connectivity index is 1.25. The van der Waals surface area contributed by atoms with Crippen LogP contribution in [0.5, 0.6) is 11.5 Å². The molecule has 0 saturated carbocycles. The molecule has 0 bridgehead atoms. The summed E-state index contributed by atoms with van der Waals surface area (Å²) in [4.78, 5) is 9.74. The summed E-state index contributed by atoms with van der Waals surface area (Å²) in [6.45, 7) is 2.80. The van der Waals surface area contributed by atoms with E-state index in [0.717, 1.165) is 55.9 Å². The van der Waals surface area contributed by atoms with Gasteiger partial charge in [0.05, 0.1) is 28.8 Å². The number of rotatable bonds is 5. The second-order valence-corrected chi connectivity index (χ2v) is 15.7. The SMILES string of the molecule is [2H]C([2H])([2H])C(c1ccc([N+]2=C=[N+](c3cc(Oc4cnc5c6ccccc6n(-c6cc(C(C)(C)C)ccn6)c5c4)cc(C(C)(C)C)c3)c3ccccc32)cc1)(C([2H])([2H])[2H])C([2H])([2H])[2H]. The summed E-state index contributed by atoms with van der Waals surface area (Å²) in [5.74, 6) is 1.88. The molecule has 264 valence electrons. The van der Waals surface area contributed by atoms with Crippen molar-refractivity contribution in [3.63, 3.8) is 0 Å². The predicted octanol–water partition coefficient (Wildman–Crippen LogP) is 12.1. The molecular weight excluding hydrogens is 651 g/mol. The number of para-hydroxylation sites is 3. The third-order valence-corrected chi connectivity index (χ3v) is 9.70. The highest BCUT2D eigenvalue weighted by Gasteiger charge is 2.37. The van der Waals surface area contributed by atoms with Crippen LogP contribution in [0.2, 0.25) is 0 Å². The monoisotopic (exact) mass is 706 g/mol. The van der Waals surface area contributed by atoms with Crippen molar-refractivity contribution in [2.75, 3.05) is 0 Å². The largest absolute Gasteiger partial charge is 0.503 e. The minimum absolute atomic E-state index is 0.0811. The molecule has 3 aromatic heterocycles. The number of hydrogen-bond donors (Lipinski definition) is 0. The zero-order valence-electron chi connectivity index (χ0n) is 39.7.